The van der Waals surface area contributed by atoms with Crippen LogP contribution in [0.3, 0.4) is 0 Å². The molecule has 164 valence electrons. The molecule has 0 aromatic heterocycles. The molecule has 1 amide bonds. The van der Waals surface area contributed by atoms with Gasteiger partial charge in [-0.15, -0.1) is 0 Å². The van der Waals surface area contributed by atoms with Gasteiger partial charge in [-0.1, -0.05) is 48.7 Å². The monoisotopic (exact) mass is 461 g/mol. The fourth-order valence-electron chi connectivity index (χ4n) is 4.23. The van der Waals surface area contributed by atoms with Gasteiger partial charge in [0.05, 0.1) is 17.0 Å². The Hall–Kier alpha value is -2.24. The van der Waals surface area contributed by atoms with Gasteiger partial charge in [-0.2, -0.15) is 0 Å². The normalized spacial score (nSPS) is 17.3. The molecule has 0 radical (unpaired) electrons. The number of hydrogen-bond donors (Lipinski definition) is 0. The van der Waals surface area contributed by atoms with E-state index in [1.807, 2.05) is 24.3 Å². The van der Waals surface area contributed by atoms with Crippen LogP contribution < -0.4 is 9.47 Å². The topological polar surface area (TPSA) is 55.8 Å². The van der Waals surface area contributed by atoms with Crippen molar-refractivity contribution >= 4 is 34.9 Å². The molecule has 0 atom stereocenters. The van der Waals surface area contributed by atoms with Crippen LogP contribution in [0, 0.1) is 0 Å². The standard InChI is InChI=1S/C24H25Cl2NO4/c1-2-3-16-4-6-18(7-5-16)30-15-22(29)27-10-8-24(9-11-27)14-21(28)19-12-17(25)13-20(26)23(19)31-24/h4-7,12-13H,2-3,8-11,14-15H2,1H3. The van der Waals surface area contributed by atoms with E-state index in [-0.39, 0.29) is 24.7 Å². The molecular formula is C24H25Cl2NO4. The van der Waals surface area contributed by atoms with Gasteiger partial charge >= 0.3 is 0 Å². The number of Topliss-reactive ketones (excluding diaryl/α,β-unsaturated/α-hetero) is 1. The molecule has 0 bridgehead atoms. The van der Waals surface area contributed by atoms with E-state index in [0.717, 1.165) is 12.8 Å². The van der Waals surface area contributed by atoms with E-state index in [1.165, 1.54) is 5.56 Å². The Kier molecular flexibility index (Phi) is 6.44. The van der Waals surface area contributed by atoms with Crippen LogP contribution in [0.5, 0.6) is 11.5 Å². The molecule has 1 fully saturated rings. The smallest absolute Gasteiger partial charge is 0.260 e. The zero-order valence-electron chi connectivity index (χ0n) is 17.5. The molecule has 2 aliphatic rings. The number of ether oxygens (including phenoxy) is 2. The SMILES string of the molecule is CCCc1ccc(OCC(=O)N2CCC3(CC2)CC(=O)c2cc(Cl)cc(Cl)c2O3)cc1. The Morgan fingerprint density at radius 1 is 1.16 bits per heavy atom. The number of amides is 1. The van der Waals surface area contributed by atoms with E-state index in [1.54, 1.807) is 17.0 Å². The average Bonchev–Trinajstić information content (AvgIpc) is 2.75. The van der Waals surface area contributed by atoms with E-state index >= 15 is 0 Å². The van der Waals surface area contributed by atoms with Crippen molar-refractivity contribution in [3.63, 3.8) is 0 Å². The van der Waals surface area contributed by atoms with E-state index in [9.17, 15) is 9.59 Å². The molecule has 0 N–H and O–H groups in total. The van der Waals surface area contributed by atoms with Crippen molar-refractivity contribution in [3.8, 4) is 11.5 Å². The van der Waals surface area contributed by atoms with Gasteiger partial charge < -0.3 is 14.4 Å². The van der Waals surface area contributed by atoms with Gasteiger partial charge in [0.25, 0.3) is 5.91 Å². The molecule has 0 aliphatic carbocycles. The van der Waals surface area contributed by atoms with Crippen molar-refractivity contribution in [3.05, 3.63) is 57.6 Å². The minimum atomic E-state index is -0.631. The first-order valence-corrected chi connectivity index (χ1v) is 11.4. The van der Waals surface area contributed by atoms with Crippen LogP contribution in [0.1, 0.15) is 48.5 Å². The van der Waals surface area contributed by atoms with Crippen molar-refractivity contribution in [2.24, 2.45) is 0 Å². The van der Waals surface area contributed by atoms with E-state index in [4.69, 9.17) is 32.7 Å². The number of rotatable bonds is 5. The maximum atomic E-state index is 12.7. The number of ketones is 1. The summed E-state index contributed by atoms with van der Waals surface area (Å²) in [5, 5.41) is 0.754. The summed E-state index contributed by atoms with van der Waals surface area (Å²) in [6.07, 6.45) is 3.51. The van der Waals surface area contributed by atoms with Crippen LogP contribution in [0.2, 0.25) is 10.0 Å². The van der Waals surface area contributed by atoms with E-state index < -0.39 is 5.60 Å². The largest absolute Gasteiger partial charge is 0.484 e. The van der Waals surface area contributed by atoms with Gasteiger partial charge in [-0.25, -0.2) is 0 Å². The van der Waals surface area contributed by atoms with Crippen molar-refractivity contribution in [1.82, 2.24) is 4.90 Å². The number of nitrogens with zero attached hydrogens (tertiary/aromatic N) is 1. The number of piperidine rings is 1. The van der Waals surface area contributed by atoms with Gasteiger partial charge in [0.2, 0.25) is 0 Å². The molecule has 5 nitrogen and oxygen atoms in total. The number of aryl methyl sites for hydroxylation is 1. The Morgan fingerprint density at radius 3 is 2.55 bits per heavy atom. The highest BCUT2D eigenvalue weighted by Gasteiger charge is 2.44. The third-order valence-electron chi connectivity index (χ3n) is 5.96. The first-order valence-electron chi connectivity index (χ1n) is 10.6. The maximum absolute atomic E-state index is 12.7. The van der Waals surface area contributed by atoms with Crippen LogP contribution >= 0.6 is 23.2 Å². The lowest BCUT2D eigenvalue weighted by molar-refractivity contribution is -0.136. The first kappa shape index (κ1) is 22.0. The summed E-state index contributed by atoms with van der Waals surface area (Å²) in [5.74, 6) is 0.991. The summed E-state index contributed by atoms with van der Waals surface area (Å²) in [6.45, 7) is 3.15. The summed E-state index contributed by atoms with van der Waals surface area (Å²) >= 11 is 12.3. The molecule has 2 aromatic rings. The third kappa shape index (κ3) is 4.83. The van der Waals surface area contributed by atoms with Crippen molar-refractivity contribution < 1.29 is 19.1 Å². The Balaban J connectivity index is 1.34. The molecule has 2 aliphatic heterocycles. The number of likely N-dealkylation sites (tertiary alicyclic amines) is 1. The summed E-state index contributed by atoms with van der Waals surface area (Å²) < 4.78 is 11.9. The molecule has 7 heteroatoms. The number of halogens is 2. The minimum Gasteiger partial charge on any atom is -0.484 e. The average molecular weight is 462 g/mol. The van der Waals surface area contributed by atoms with Gasteiger partial charge in [-0.3, -0.25) is 9.59 Å². The second kappa shape index (κ2) is 9.09. The summed E-state index contributed by atoms with van der Waals surface area (Å²) in [5.41, 5.74) is 1.06. The van der Waals surface area contributed by atoms with Crippen LogP contribution in [-0.4, -0.2) is 41.9 Å². The zero-order valence-corrected chi connectivity index (χ0v) is 19.0. The van der Waals surface area contributed by atoms with Gasteiger partial charge in [0, 0.05) is 31.0 Å². The number of carbonyl (C=O) groups is 2. The molecule has 4 rings (SSSR count). The van der Waals surface area contributed by atoms with Crippen molar-refractivity contribution in [1.29, 1.82) is 0 Å². The highest BCUT2D eigenvalue weighted by molar-refractivity contribution is 6.36. The first-order chi connectivity index (χ1) is 14.9. The second-order valence-corrected chi connectivity index (χ2v) is 9.06. The lowest BCUT2D eigenvalue weighted by Crippen LogP contribution is -2.53. The molecule has 31 heavy (non-hydrogen) atoms. The van der Waals surface area contributed by atoms with Gasteiger partial charge in [-0.05, 0) is 36.2 Å². The lowest BCUT2D eigenvalue weighted by atomic mass is 9.82. The van der Waals surface area contributed by atoms with E-state index in [2.05, 4.69) is 6.92 Å². The lowest BCUT2D eigenvalue weighted by Gasteiger charge is -2.44. The molecule has 0 unspecified atom stereocenters. The Morgan fingerprint density at radius 2 is 1.87 bits per heavy atom. The second-order valence-electron chi connectivity index (χ2n) is 8.21. The molecule has 2 heterocycles. The molecule has 1 saturated heterocycles. The van der Waals surface area contributed by atoms with Crippen LogP contribution in [0.15, 0.2) is 36.4 Å². The number of hydrogen-bond acceptors (Lipinski definition) is 4. The van der Waals surface area contributed by atoms with Crippen molar-refractivity contribution in [2.75, 3.05) is 19.7 Å². The summed E-state index contributed by atoms with van der Waals surface area (Å²) in [7, 11) is 0. The Bertz CT molecular complexity index is 982. The molecule has 0 saturated carbocycles. The number of fused-ring (bicyclic) bond motifs is 1. The minimum absolute atomic E-state index is 0.00687. The molecule has 2 aromatic carbocycles. The third-order valence-corrected chi connectivity index (χ3v) is 6.46. The highest BCUT2D eigenvalue weighted by atomic mass is 35.5. The van der Waals surface area contributed by atoms with Crippen LogP contribution in [-0.2, 0) is 11.2 Å². The summed E-state index contributed by atoms with van der Waals surface area (Å²) in [6, 6.07) is 11.0. The fraction of sp³-hybridized carbons (Fsp3) is 0.417. The zero-order chi connectivity index (χ0) is 22.0. The predicted molar refractivity (Wildman–Crippen MR) is 121 cm³/mol. The molecular weight excluding hydrogens is 437 g/mol. The maximum Gasteiger partial charge on any atom is 0.260 e. The predicted octanol–water partition coefficient (Wildman–Crippen LogP) is 5.35. The quantitative estimate of drug-likeness (QED) is 0.601. The number of carbonyl (C=O) groups excluding carboxylic acids is 2. The molecule has 1 spiro atoms. The van der Waals surface area contributed by atoms with Gasteiger partial charge in [0.15, 0.2) is 12.4 Å². The van der Waals surface area contributed by atoms with Crippen LogP contribution in [0.4, 0.5) is 0 Å². The highest BCUT2D eigenvalue weighted by Crippen LogP contribution is 2.44. The Labute approximate surface area is 192 Å². The fourth-order valence-corrected chi connectivity index (χ4v) is 4.76. The summed E-state index contributed by atoms with van der Waals surface area (Å²) in [4.78, 5) is 27.1. The number of benzene rings is 2. The van der Waals surface area contributed by atoms with Crippen LogP contribution in [0.25, 0.3) is 0 Å². The van der Waals surface area contributed by atoms with Crippen molar-refractivity contribution in [2.45, 2.75) is 44.6 Å². The van der Waals surface area contributed by atoms with E-state index in [0.29, 0.717) is 53.0 Å². The van der Waals surface area contributed by atoms with Gasteiger partial charge in [0.1, 0.15) is 17.1 Å².